The first kappa shape index (κ1) is 8.41. The zero-order chi connectivity index (χ0) is 8.15. The van der Waals surface area contributed by atoms with E-state index < -0.39 is 18.0 Å². The van der Waals surface area contributed by atoms with Gasteiger partial charge in [0.2, 0.25) is 0 Å². The van der Waals surface area contributed by atoms with E-state index in [1.54, 1.807) is 0 Å². The van der Waals surface area contributed by atoms with Gasteiger partial charge < -0.3 is 14.9 Å². The number of hydrogen-bond donors (Lipinski definition) is 2. The van der Waals surface area contributed by atoms with Crippen LogP contribution in [0.25, 0.3) is 0 Å². The molecule has 0 atom stereocenters. The van der Waals surface area contributed by atoms with Gasteiger partial charge in [0.1, 0.15) is 0 Å². The number of rotatable bonds is 4. The van der Waals surface area contributed by atoms with Gasteiger partial charge in [-0.25, -0.2) is 9.59 Å². The maximum absolute atomic E-state index is 9.87. The van der Waals surface area contributed by atoms with Gasteiger partial charge in [-0.3, -0.25) is 4.79 Å². The molecule has 0 aromatic carbocycles. The minimum Gasteiger partial charge on any atom is -0.478 e. The molecule has 0 aromatic rings. The van der Waals surface area contributed by atoms with Gasteiger partial charge in [0.15, 0.2) is 0 Å². The fourth-order valence-electron chi connectivity index (χ4n) is 0.278. The predicted octanol–water partition coefficient (Wildman–Crippen LogP) is -1.30. The van der Waals surface area contributed by atoms with E-state index in [-0.39, 0.29) is 6.47 Å². The van der Waals surface area contributed by atoms with E-state index in [0.717, 1.165) is 0 Å². The first-order chi connectivity index (χ1) is 4.59. The molecule has 0 saturated heterocycles. The lowest BCUT2D eigenvalue weighted by molar-refractivity contribution is -0.169. The molecule has 0 amide bonds. The van der Waals surface area contributed by atoms with Crippen molar-refractivity contribution in [3.8, 4) is 0 Å². The molecule has 0 heterocycles. The SMILES string of the molecule is O=COC(C(=O)O)C(=O)O. The Morgan fingerprint density at radius 2 is 1.70 bits per heavy atom. The molecule has 2 N–H and O–H groups in total. The molecular formula is C4H4O6. The van der Waals surface area contributed by atoms with Crippen LogP contribution in [0.2, 0.25) is 0 Å². The first-order valence-corrected chi connectivity index (χ1v) is 2.14. The van der Waals surface area contributed by atoms with E-state index >= 15 is 0 Å². The highest BCUT2D eigenvalue weighted by Crippen LogP contribution is 1.88. The zero-order valence-electron chi connectivity index (χ0n) is 4.68. The van der Waals surface area contributed by atoms with Crippen molar-refractivity contribution in [2.75, 3.05) is 0 Å². The third kappa shape index (κ3) is 2.12. The summed E-state index contributed by atoms with van der Waals surface area (Å²) in [6, 6.07) is 0. The minimum absolute atomic E-state index is 0.229. The van der Waals surface area contributed by atoms with E-state index in [1.165, 1.54) is 0 Å². The van der Waals surface area contributed by atoms with Crippen LogP contribution < -0.4 is 0 Å². The average molecular weight is 148 g/mol. The zero-order valence-corrected chi connectivity index (χ0v) is 4.68. The number of ether oxygens (including phenoxy) is 1. The number of hydrogen-bond acceptors (Lipinski definition) is 4. The summed E-state index contributed by atoms with van der Waals surface area (Å²) in [5, 5.41) is 16.0. The Bertz CT molecular complexity index is 147. The lowest BCUT2D eigenvalue weighted by atomic mass is 10.4. The highest BCUT2D eigenvalue weighted by molar-refractivity contribution is 5.96. The normalized spacial score (nSPS) is 8.90. The second kappa shape index (κ2) is 3.44. The Morgan fingerprint density at radius 1 is 1.30 bits per heavy atom. The van der Waals surface area contributed by atoms with Gasteiger partial charge in [-0.15, -0.1) is 0 Å². The Hall–Kier alpha value is -1.59. The summed E-state index contributed by atoms with van der Waals surface area (Å²) < 4.78 is 3.69. The van der Waals surface area contributed by atoms with E-state index in [1.807, 2.05) is 0 Å². The molecule has 0 aromatic heterocycles. The van der Waals surface area contributed by atoms with E-state index in [4.69, 9.17) is 10.2 Å². The van der Waals surface area contributed by atoms with Gasteiger partial charge in [0.05, 0.1) is 0 Å². The molecule has 0 radical (unpaired) electrons. The maximum Gasteiger partial charge on any atom is 0.356 e. The van der Waals surface area contributed by atoms with Crippen LogP contribution in [0.5, 0.6) is 0 Å². The third-order valence-corrected chi connectivity index (χ3v) is 0.640. The van der Waals surface area contributed by atoms with Crippen molar-refractivity contribution >= 4 is 18.4 Å². The number of carbonyl (C=O) groups excluding carboxylic acids is 1. The Balaban J connectivity index is 4.11. The maximum atomic E-state index is 9.87. The van der Waals surface area contributed by atoms with Crippen molar-refractivity contribution in [2.45, 2.75) is 6.10 Å². The molecule has 10 heavy (non-hydrogen) atoms. The fraction of sp³-hybridized carbons (Fsp3) is 0.250. The summed E-state index contributed by atoms with van der Waals surface area (Å²) in [4.78, 5) is 29.2. The van der Waals surface area contributed by atoms with Gasteiger partial charge in [0, 0.05) is 0 Å². The summed E-state index contributed by atoms with van der Waals surface area (Å²) in [6.07, 6.45) is -2.10. The molecule has 0 saturated carbocycles. The summed E-state index contributed by atoms with van der Waals surface area (Å²) in [6.45, 7) is -0.229. The van der Waals surface area contributed by atoms with E-state index in [2.05, 4.69) is 4.74 Å². The van der Waals surface area contributed by atoms with E-state index in [9.17, 15) is 14.4 Å². The molecule has 0 aliphatic carbocycles. The second-order valence-corrected chi connectivity index (χ2v) is 1.29. The first-order valence-electron chi connectivity index (χ1n) is 2.14. The van der Waals surface area contributed by atoms with Crippen molar-refractivity contribution in [1.29, 1.82) is 0 Å². The molecule has 0 bridgehead atoms. The molecule has 0 spiro atoms. The molecular weight excluding hydrogens is 144 g/mol. The van der Waals surface area contributed by atoms with Crippen molar-refractivity contribution in [2.24, 2.45) is 0 Å². The standard InChI is InChI=1S/C4H4O6/c5-1-10-2(3(6)7)4(8)9/h1-2H,(H,6,7)(H,8,9). The number of carboxylic acid groups (broad SMARTS) is 2. The lowest BCUT2D eigenvalue weighted by Crippen LogP contribution is -2.32. The molecule has 6 heteroatoms. The van der Waals surface area contributed by atoms with Crippen LogP contribution in [0.4, 0.5) is 0 Å². The Morgan fingerprint density at radius 3 is 1.80 bits per heavy atom. The van der Waals surface area contributed by atoms with Crippen molar-refractivity contribution in [3.63, 3.8) is 0 Å². The van der Waals surface area contributed by atoms with Crippen molar-refractivity contribution in [3.05, 3.63) is 0 Å². The number of carbonyl (C=O) groups is 3. The highest BCUT2D eigenvalue weighted by atomic mass is 16.6. The topological polar surface area (TPSA) is 101 Å². The number of carboxylic acids is 2. The fourth-order valence-corrected chi connectivity index (χ4v) is 0.278. The van der Waals surface area contributed by atoms with Crippen LogP contribution in [0.1, 0.15) is 0 Å². The molecule has 0 rings (SSSR count). The Kier molecular flexibility index (Phi) is 2.89. The van der Waals surface area contributed by atoms with Gasteiger partial charge in [-0.1, -0.05) is 0 Å². The van der Waals surface area contributed by atoms with Gasteiger partial charge >= 0.3 is 11.9 Å². The molecule has 0 fully saturated rings. The molecule has 0 aliphatic rings. The highest BCUT2D eigenvalue weighted by Gasteiger charge is 2.26. The van der Waals surface area contributed by atoms with Gasteiger partial charge in [0.25, 0.3) is 12.6 Å². The van der Waals surface area contributed by atoms with Crippen molar-refractivity contribution in [1.82, 2.24) is 0 Å². The van der Waals surface area contributed by atoms with E-state index in [0.29, 0.717) is 0 Å². The minimum atomic E-state index is -2.10. The smallest absolute Gasteiger partial charge is 0.356 e. The van der Waals surface area contributed by atoms with Crippen LogP contribution in [-0.2, 0) is 19.1 Å². The summed E-state index contributed by atoms with van der Waals surface area (Å²) >= 11 is 0. The summed E-state index contributed by atoms with van der Waals surface area (Å²) in [5.74, 6) is -3.42. The van der Waals surface area contributed by atoms with Crippen LogP contribution in [0.15, 0.2) is 0 Å². The number of aliphatic carboxylic acids is 2. The lowest BCUT2D eigenvalue weighted by Gasteiger charge is -2.02. The van der Waals surface area contributed by atoms with Crippen LogP contribution in [0.3, 0.4) is 0 Å². The van der Waals surface area contributed by atoms with Crippen molar-refractivity contribution < 1.29 is 29.3 Å². The van der Waals surface area contributed by atoms with Crippen LogP contribution in [-0.4, -0.2) is 34.7 Å². The quantitative estimate of drug-likeness (QED) is 0.379. The molecule has 56 valence electrons. The largest absolute Gasteiger partial charge is 0.478 e. The molecule has 6 nitrogen and oxygen atoms in total. The summed E-state index contributed by atoms with van der Waals surface area (Å²) in [5.41, 5.74) is 0. The average Bonchev–Trinajstić information content (AvgIpc) is 1.81. The second-order valence-electron chi connectivity index (χ2n) is 1.29. The Labute approximate surface area is 55.0 Å². The third-order valence-electron chi connectivity index (χ3n) is 0.640. The predicted molar refractivity (Wildman–Crippen MR) is 26.2 cm³/mol. The molecule has 0 unspecified atom stereocenters. The molecule has 0 aliphatic heterocycles. The monoisotopic (exact) mass is 148 g/mol. The van der Waals surface area contributed by atoms with Crippen LogP contribution in [0, 0.1) is 0 Å². The van der Waals surface area contributed by atoms with Gasteiger partial charge in [-0.05, 0) is 0 Å². The van der Waals surface area contributed by atoms with Crippen LogP contribution >= 0.6 is 0 Å². The van der Waals surface area contributed by atoms with Gasteiger partial charge in [-0.2, -0.15) is 0 Å². The summed E-state index contributed by atoms with van der Waals surface area (Å²) in [7, 11) is 0.